The standard InChI is InChI=1S/C13H18N2O2/c1-9(16)6-7-14-13(17)12-8-10-4-2-3-5-11(10)15-12/h2-5,9,12,15-16H,6-8H2,1H3,(H,14,17)/t9?,12-/m0/s1. The Morgan fingerprint density at radius 1 is 1.59 bits per heavy atom. The van der Waals surface area contributed by atoms with Crippen molar-refractivity contribution in [1.82, 2.24) is 5.32 Å². The van der Waals surface area contributed by atoms with Crippen LogP contribution in [-0.2, 0) is 11.2 Å². The Kier molecular flexibility index (Phi) is 3.64. The summed E-state index contributed by atoms with van der Waals surface area (Å²) in [6.45, 7) is 2.24. The molecule has 2 atom stereocenters. The minimum absolute atomic E-state index is 0.00171. The topological polar surface area (TPSA) is 61.4 Å². The first-order valence-corrected chi connectivity index (χ1v) is 5.97. The highest BCUT2D eigenvalue weighted by molar-refractivity contribution is 5.87. The number of amides is 1. The van der Waals surface area contributed by atoms with Crippen molar-refractivity contribution in [3.8, 4) is 0 Å². The van der Waals surface area contributed by atoms with Gasteiger partial charge in [-0.2, -0.15) is 0 Å². The molecule has 1 aromatic rings. The van der Waals surface area contributed by atoms with E-state index in [9.17, 15) is 4.79 Å². The monoisotopic (exact) mass is 234 g/mol. The van der Waals surface area contributed by atoms with Crippen molar-refractivity contribution < 1.29 is 9.90 Å². The number of rotatable bonds is 4. The van der Waals surface area contributed by atoms with Crippen LogP contribution in [0.3, 0.4) is 0 Å². The van der Waals surface area contributed by atoms with Gasteiger partial charge >= 0.3 is 0 Å². The Morgan fingerprint density at radius 2 is 2.35 bits per heavy atom. The molecular weight excluding hydrogens is 216 g/mol. The summed E-state index contributed by atoms with van der Waals surface area (Å²) in [5, 5.41) is 15.1. The number of anilines is 1. The number of aliphatic hydroxyl groups is 1. The molecule has 0 spiro atoms. The third-order valence-corrected chi connectivity index (χ3v) is 2.95. The van der Waals surface area contributed by atoms with Gasteiger partial charge in [0.05, 0.1) is 6.10 Å². The van der Waals surface area contributed by atoms with Gasteiger partial charge in [-0.05, 0) is 25.0 Å². The number of fused-ring (bicyclic) bond motifs is 1. The Labute approximate surface area is 101 Å². The average molecular weight is 234 g/mol. The number of carbonyl (C=O) groups is 1. The lowest BCUT2D eigenvalue weighted by Crippen LogP contribution is -2.39. The van der Waals surface area contributed by atoms with Crippen LogP contribution in [-0.4, -0.2) is 29.7 Å². The fourth-order valence-corrected chi connectivity index (χ4v) is 1.98. The van der Waals surface area contributed by atoms with E-state index in [1.807, 2.05) is 24.3 Å². The highest BCUT2D eigenvalue weighted by Crippen LogP contribution is 2.24. The van der Waals surface area contributed by atoms with E-state index in [1.165, 1.54) is 5.56 Å². The number of hydrogen-bond acceptors (Lipinski definition) is 3. The van der Waals surface area contributed by atoms with Crippen LogP contribution in [0.15, 0.2) is 24.3 Å². The van der Waals surface area contributed by atoms with Crippen LogP contribution >= 0.6 is 0 Å². The van der Waals surface area contributed by atoms with Gasteiger partial charge in [-0.3, -0.25) is 4.79 Å². The molecule has 1 aliphatic rings. The van der Waals surface area contributed by atoms with Crippen LogP contribution in [0.25, 0.3) is 0 Å². The molecule has 0 bridgehead atoms. The van der Waals surface area contributed by atoms with Gasteiger partial charge in [-0.15, -0.1) is 0 Å². The van der Waals surface area contributed by atoms with E-state index in [4.69, 9.17) is 5.11 Å². The molecule has 1 aromatic carbocycles. The van der Waals surface area contributed by atoms with Gasteiger partial charge in [-0.1, -0.05) is 18.2 Å². The zero-order valence-corrected chi connectivity index (χ0v) is 9.94. The largest absolute Gasteiger partial charge is 0.393 e. The maximum atomic E-state index is 11.8. The van der Waals surface area contributed by atoms with E-state index in [-0.39, 0.29) is 18.1 Å². The molecule has 0 saturated heterocycles. The summed E-state index contributed by atoms with van der Waals surface area (Å²) in [6.07, 6.45) is 0.950. The zero-order chi connectivity index (χ0) is 12.3. The number of benzene rings is 1. The van der Waals surface area contributed by atoms with Gasteiger partial charge in [0.2, 0.25) is 5.91 Å². The maximum Gasteiger partial charge on any atom is 0.242 e. The van der Waals surface area contributed by atoms with Crippen LogP contribution < -0.4 is 10.6 Å². The van der Waals surface area contributed by atoms with Crippen molar-refractivity contribution in [2.45, 2.75) is 31.9 Å². The van der Waals surface area contributed by atoms with Gasteiger partial charge in [0, 0.05) is 18.7 Å². The van der Waals surface area contributed by atoms with E-state index in [2.05, 4.69) is 10.6 Å². The Hall–Kier alpha value is -1.55. The van der Waals surface area contributed by atoms with Gasteiger partial charge in [0.1, 0.15) is 6.04 Å². The van der Waals surface area contributed by atoms with Gasteiger partial charge in [0.15, 0.2) is 0 Å². The van der Waals surface area contributed by atoms with Gasteiger partial charge < -0.3 is 15.7 Å². The molecular formula is C13H18N2O2. The Balaban J connectivity index is 1.84. The van der Waals surface area contributed by atoms with E-state index < -0.39 is 0 Å². The van der Waals surface area contributed by atoms with Crippen LogP contribution in [0.4, 0.5) is 5.69 Å². The molecule has 0 aliphatic carbocycles. The Bertz CT molecular complexity index is 379. The normalized spacial score (nSPS) is 19.3. The summed E-state index contributed by atoms with van der Waals surface area (Å²) in [6, 6.07) is 7.78. The first-order chi connectivity index (χ1) is 8.16. The number of carbonyl (C=O) groups excluding carboxylic acids is 1. The van der Waals surface area contributed by atoms with Crippen molar-refractivity contribution in [2.24, 2.45) is 0 Å². The number of nitrogens with one attached hydrogen (secondary N) is 2. The second-order valence-electron chi connectivity index (χ2n) is 4.49. The first-order valence-electron chi connectivity index (χ1n) is 5.97. The summed E-state index contributed by atoms with van der Waals surface area (Å²) in [4.78, 5) is 11.8. The summed E-state index contributed by atoms with van der Waals surface area (Å²) in [7, 11) is 0. The van der Waals surface area contributed by atoms with Crippen LogP contribution in [0.1, 0.15) is 18.9 Å². The maximum absolute atomic E-state index is 11.8. The molecule has 4 nitrogen and oxygen atoms in total. The molecule has 0 fully saturated rings. The van der Waals surface area contributed by atoms with Crippen molar-refractivity contribution in [1.29, 1.82) is 0 Å². The van der Waals surface area contributed by atoms with Crippen molar-refractivity contribution in [3.63, 3.8) is 0 Å². The second-order valence-corrected chi connectivity index (χ2v) is 4.49. The number of hydrogen-bond donors (Lipinski definition) is 3. The first kappa shape index (κ1) is 11.9. The number of aliphatic hydroxyl groups excluding tert-OH is 1. The van der Waals surface area contributed by atoms with Gasteiger partial charge in [0.25, 0.3) is 0 Å². The van der Waals surface area contributed by atoms with Crippen LogP contribution in [0, 0.1) is 0 Å². The van der Waals surface area contributed by atoms with E-state index in [0.717, 1.165) is 12.1 Å². The smallest absolute Gasteiger partial charge is 0.242 e. The second kappa shape index (κ2) is 5.19. The van der Waals surface area contributed by atoms with E-state index in [0.29, 0.717) is 13.0 Å². The van der Waals surface area contributed by atoms with Crippen molar-refractivity contribution in [2.75, 3.05) is 11.9 Å². The van der Waals surface area contributed by atoms with Crippen LogP contribution in [0.5, 0.6) is 0 Å². The predicted octanol–water partition coefficient (Wildman–Crippen LogP) is 0.910. The third-order valence-electron chi connectivity index (χ3n) is 2.95. The molecule has 1 unspecified atom stereocenters. The summed E-state index contributed by atoms with van der Waals surface area (Å²) in [5.74, 6) is 0.00171. The summed E-state index contributed by atoms with van der Waals surface area (Å²) >= 11 is 0. The van der Waals surface area contributed by atoms with Crippen LogP contribution in [0.2, 0.25) is 0 Å². The highest BCUT2D eigenvalue weighted by atomic mass is 16.3. The molecule has 17 heavy (non-hydrogen) atoms. The zero-order valence-electron chi connectivity index (χ0n) is 9.94. The lowest BCUT2D eigenvalue weighted by Gasteiger charge is -2.12. The van der Waals surface area contributed by atoms with Gasteiger partial charge in [-0.25, -0.2) is 0 Å². The van der Waals surface area contributed by atoms with E-state index in [1.54, 1.807) is 6.92 Å². The minimum Gasteiger partial charge on any atom is -0.393 e. The molecule has 4 heteroatoms. The van der Waals surface area contributed by atoms with Crippen molar-refractivity contribution in [3.05, 3.63) is 29.8 Å². The lowest BCUT2D eigenvalue weighted by atomic mass is 10.1. The molecule has 1 amide bonds. The fourth-order valence-electron chi connectivity index (χ4n) is 1.98. The molecule has 1 aliphatic heterocycles. The molecule has 1 heterocycles. The predicted molar refractivity (Wildman–Crippen MR) is 66.9 cm³/mol. The lowest BCUT2D eigenvalue weighted by molar-refractivity contribution is -0.121. The molecule has 2 rings (SSSR count). The SMILES string of the molecule is CC(O)CCNC(=O)[C@@H]1Cc2ccccc2N1. The molecule has 92 valence electrons. The average Bonchev–Trinajstić information content (AvgIpc) is 2.71. The molecule has 3 N–H and O–H groups in total. The van der Waals surface area contributed by atoms with E-state index >= 15 is 0 Å². The fraction of sp³-hybridized carbons (Fsp3) is 0.462. The van der Waals surface area contributed by atoms with Crippen molar-refractivity contribution >= 4 is 11.6 Å². The molecule has 0 aromatic heterocycles. The molecule has 0 saturated carbocycles. The summed E-state index contributed by atoms with van der Waals surface area (Å²) < 4.78 is 0. The summed E-state index contributed by atoms with van der Waals surface area (Å²) in [5.41, 5.74) is 2.23. The third kappa shape index (κ3) is 2.97. The molecule has 0 radical (unpaired) electrons. The minimum atomic E-state index is -0.371. The number of para-hydroxylation sites is 1. The highest BCUT2D eigenvalue weighted by Gasteiger charge is 2.25. The quantitative estimate of drug-likeness (QED) is 0.725. The Morgan fingerprint density at radius 3 is 3.06 bits per heavy atom.